The first-order valence-electron chi connectivity index (χ1n) is 12.9. The van der Waals surface area contributed by atoms with Gasteiger partial charge in [-0.2, -0.15) is 13.2 Å². The number of nitrogens with one attached hydrogen (secondary N) is 2. The van der Waals surface area contributed by atoms with Gasteiger partial charge in [0.05, 0.1) is 22.2 Å². The number of aliphatic carboxylic acids is 1. The van der Waals surface area contributed by atoms with Crippen molar-refractivity contribution in [1.29, 1.82) is 0 Å². The predicted octanol–water partition coefficient (Wildman–Crippen LogP) is 6.13. The molecular formula is C29H27F7N4O4. The second kappa shape index (κ2) is 13.9. The number of imidazole rings is 1. The molecule has 0 aliphatic rings. The number of rotatable bonds is 9. The first-order valence-corrected chi connectivity index (χ1v) is 12.9. The van der Waals surface area contributed by atoms with Gasteiger partial charge in [0.1, 0.15) is 11.3 Å². The molecule has 0 atom stereocenters. The van der Waals surface area contributed by atoms with Gasteiger partial charge in [0, 0.05) is 6.54 Å². The normalized spacial score (nSPS) is 11.5. The number of benzene rings is 3. The molecule has 0 amide bonds. The molecule has 0 unspecified atom stereocenters. The molecule has 44 heavy (non-hydrogen) atoms. The zero-order valence-electron chi connectivity index (χ0n) is 23.5. The quantitative estimate of drug-likeness (QED) is 0.100. The fourth-order valence-corrected chi connectivity index (χ4v) is 4.23. The van der Waals surface area contributed by atoms with Crippen molar-refractivity contribution in [2.24, 2.45) is 0 Å². The number of aromatic nitrogens is 2. The molecule has 0 spiro atoms. The second-order valence-electron chi connectivity index (χ2n) is 9.89. The molecule has 0 saturated heterocycles. The number of carboxylic acids is 2. The molecule has 4 rings (SSSR count). The Bertz CT molecular complexity index is 1640. The molecule has 0 saturated carbocycles. The van der Waals surface area contributed by atoms with E-state index in [0.29, 0.717) is 12.4 Å². The van der Waals surface area contributed by atoms with Crippen LogP contribution in [-0.4, -0.2) is 70.4 Å². The monoisotopic (exact) mass is 628 g/mol. The predicted molar refractivity (Wildman–Crippen MR) is 147 cm³/mol. The van der Waals surface area contributed by atoms with E-state index < -0.39 is 52.5 Å². The van der Waals surface area contributed by atoms with Gasteiger partial charge in [-0.15, -0.1) is 0 Å². The number of aromatic amines is 1. The van der Waals surface area contributed by atoms with Crippen molar-refractivity contribution in [3.63, 3.8) is 0 Å². The third kappa shape index (κ3) is 7.90. The summed E-state index contributed by atoms with van der Waals surface area (Å²) in [6.45, 7) is 3.83. The van der Waals surface area contributed by atoms with Crippen molar-refractivity contribution >= 4 is 23.0 Å². The van der Waals surface area contributed by atoms with E-state index >= 15 is 17.6 Å². The summed E-state index contributed by atoms with van der Waals surface area (Å²) in [5.41, 5.74) is -1.45. The van der Waals surface area contributed by atoms with Crippen LogP contribution in [0, 0.1) is 30.2 Å². The van der Waals surface area contributed by atoms with E-state index in [0.717, 1.165) is 31.1 Å². The van der Waals surface area contributed by atoms with E-state index in [1.54, 1.807) is 19.1 Å². The molecule has 236 valence electrons. The molecule has 0 aliphatic heterocycles. The second-order valence-corrected chi connectivity index (χ2v) is 9.89. The number of halogens is 7. The summed E-state index contributed by atoms with van der Waals surface area (Å²) in [6, 6.07) is 8.22. The molecular weight excluding hydrogens is 601 g/mol. The summed E-state index contributed by atoms with van der Waals surface area (Å²) >= 11 is 0. The van der Waals surface area contributed by atoms with Crippen molar-refractivity contribution in [3.8, 4) is 22.3 Å². The SMILES string of the molecule is Cc1nc2c(C(=O)O)cc(-c3c(F)c(F)c(-c4ccc(CNCCCN(C)C)cc4)c(F)c3F)cc2[nH]1.O=C(O)C(F)(F)F. The number of hydrogen-bond acceptors (Lipinski definition) is 5. The van der Waals surface area contributed by atoms with Crippen LogP contribution in [0.5, 0.6) is 0 Å². The van der Waals surface area contributed by atoms with Gasteiger partial charge in [0.15, 0.2) is 23.3 Å². The van der Waals surface area contributed by atoms with Crippen LogP contribution in [0.3, 0.4) is 0 Å². The maximum absolute atomic E-state index is 15.2. The van der Waals surface area contributed by atoms with Gasteiger partial charge in [-0.05, 0) is 69.4 Å². The molecule has 0 radical (unpaired) electrons. The maximum Gasteiger partial charge on any atom is 0.490 e. The van der Waals surface area contributed by atoms with Crippen LogP contribution < -0.4 is 5.32 Å². The number of hydrogen-bond donors (Lipinski definition) is 4. The number of H-pyrrole nitrogens is 1. The fourth-order valence-electron chi connectivity index (χ4n) is 4.23. The topological polar surface area (TPSA) is 119 Å². The highest BCUT2D eigenvalue weighted by Crippen LogP contribution is 2.38. The third-order valence-electron chi connectivity index (χ3n) is 6.26. The first kappa shape index (κ1) is 34.0. The molecule has 15 heteroatoms. The molecule has 1 aromatic heterocycles. The lowest BCUT2D eigenvalue weighted by atomic mass is 9.95. The van der Waals surface area contributed by atoms with Gasteiger partial charge >= 0.3 is 18.1 Å². The Kier molecular flexibility index (Phi) is 10.7. The van der Waals surface area contributed by atoms with Crippen LogP contribution in [0.25, 0.3) is 33.3 Å². The van der Waals surface area contributed by atoms with E-state index in [1.807, 2.05) is 14.1 Å². The highest BCUT2D eigenvalue weighted by atomic mass is 19.4. The van der Waals surface area contributed by atoms with Gasteiger partial charge in [-0.1, -0.05) is 24.3 Å². The fraction of sp³-hybridized carbons (Fsp3) is 0.276. The molecule has 8 nitrogen and oxygen atoms in total. The summed E-state index contributed by atoms with van der Waals surface area (Å²) in [7, 11) is 3.97. The zero-order valence-corrected chi connectivity index (χ0v) is 23.5. The molecule has 0 fully saturated rings. The number of aryl methyl sites for hydroxylation is 1. The number of carbonyl (C=O) groups is 2. The third-order valence-corrected chi connectivity index (χ3v) is 6.26. The Morgan fingerprint density at radius 2 is 1.43 bits per heavy atom. The van der Waals surface area contributed by atoms with Gasteiger partial charge in [-0.3, -0.25) is 0 Å². The Morgan fingerprint density at radius 1 is 0.909 bits per heavy atom. The van der Waals surface area contributed by atoms with Crippen LogP contribution >= 0.6 is 0 Å². The van der Waals surface area contributed by atoms with Crippen LogP contribution in [0.2, 0.25) is 0 Å². The Morgan fingerprint density at radius 3 is 1.91 bits per heavy atom. The van der Waals surface area contributed by atoms with Crippen molar-refractivity contribution < 1.29 is 50.5 Å². The molecule has 0 aliphatic carbocycles. The van der Waals surface area contributed by atoms with E-state index in [9.17, 15) is 23.1 Å². The molecule has 4 aromatic rings. The summed E-state index contributed by atoms with van der Waals surface area (Å²) in [5.74, 6) is -10.2. The molecule has 1 heterocycles. The van der Waals surface area contributed by atoms with Gasteiger partial charge < -0.3 is 25.4 Å². The molecule has 0 bridgehead atoms. The van der Waals surface area contributed by atoms with Gasteiger partial charge in [0.25, 0.3) is 0 Å². The Balaban J connectivity index is 0.000000676. The largest absolute Gasteiger partial charge is 0.490 e. The Hall–Kier alpha value is -4.50. The lowest BCUT2D eigenvalue weighted by Gasteiger charge is -2.14. The van der Waals surface area contributed by atoms with Crippen molar-refractivity contribution in [1.82, 2.24) is 20.2 Å². The van der Waals surface area contributed by atoms with Crippen LogP contribution in [0.15, 0.2) is 36.4 Å². The van der Waals surface area contributed by atoms with Crippen LogP contribution in [-0.2, 0) is 11.3 Å². The average Bonchev–Trinajstić information content (AvgIpc) is 3.32. The number of fused-ring (bicyclic) bond motifs is 1. The van der Waals surface area contributed by atoms with E-state index in [2.05, 4.69) is 20.2 Å². The Labute approximate surface area is 246 Å². The van der Waals surface area contributed by atoms with Crippen molar-refractivity contribution in [2.45, 2.75) is 26.1 Å². The summed E-state index contributed by atoms with van der Waals surface area (Å²) in [4.78, 5) is 29.5. The van der Waals surface area contributed by atoms with E-state index in [-0.39, 0.29) is 27.7 Å². The summed E-state index contributed by atoms with van der Waals surface area (Å²) < 4.78 is 92.5. The van der Waals surface area contributed by atoms with Crippen molar-refractivity contribution in [2.75, 3.05) is 27.2 Å². The zero-order chi connectivity index (χ0) is 32.9. The lowest BCUT2D eigenvalue weighted by molar-refractivity contribution is -0.192. The van der Waals surface area contributed by atoms with E-state index in [1.165, 1.54) is 18.2 Å². The minimum absolute atomic E-state index is 0.0263. The highest BCUT2D eigenvalue weighted by molar-refractivity contribution is 6.03. The minimum atomic E-state index is -5.08. The molecule has 4 N–H and O–H groups in total. The van der Waals surface area contributed by atoms with Crippen molar-refractivity contribution in [3.05, 3.63) is 76.6 Å². The van der Waals surface area contributed by atoms with Gasteiger partial charge in [0.2, 0.25) is 0 Å². The number of nitrogens with zero attached hydrogens (tertiary/aromatic N) is 2. The lowest BCUT2D eigenvalue weighted by Crippen LogP contribution is -2.21. The number of carboxylic acid groups (broad SMARTS) is 2. The number of alkyl halides is 3. The number of aromatic carboxylic acids is 1. The van der Waals surface area contributed by atoms with Crippen LogP contribution in [0.1, 0.15) is 28.2 Å². The maximum atomic E-state index is 15.2. The average molecular weight is 629 g/mol. The smallest absolute Gasteiger partial charge is 0.478 e. The first-order chi connectivity index (χ1) is 20.5. The highest BCUT2D eigenvalue weighted by Gasteiger charge is 2.38. The van der Waals surface area contributed by atoms with Gasteiger partial charge in [-0.25, -0.2) is 32.1 Å². The minimum Gasteiger partial charge on any atom is -0.478 e. The molecule has 3 aromatic carbocycles. The van der Waals surface area contributed by atoms with Crippen LogP contribution in [0.4, 0.5) is 30.7 Å². The standard InChI is InChI=1S/C27H26F4N4O2.C2HF3O2/c1-14-33-19-12-17(11-18(27(36)37)26(19)34-14)21-24(30)22(28)20(23(29)25(21)31)16-7-5-15(6-8-16)13-32-9-4-10-35(2)3;3-2(4,5)1(6)7/h5-8,11-12,32H,4,9-10,13H2,1-3H3,(H,33,34)(H,36,37);(H,6,7). The van der Waals surface area contributed by atoms with E-state index in [4.69, 9.17) is 9.90 Å². The summed E-state index contributed by atoms with van der Waals surface area (Å²) in [6.07, 6.45) is -4.13. The summed E-state index contributed by atoms with van der Waals surface area (Å²) in [5, 5.41) is 19.9.